The summed E-state index contributed by atoms with van der Waals surface area (Å²) in [5, 5.41) is 0. The van der Waals surface area contributed by atoms with Gasteiger partial charge >= 0.3 is 5.97 Å². The molecule has 0 aliphatic heterocycles. The number of rotatable bonds is 3. The Morgan fingerprint density at radius 2 is 1.84 bits per heavy atom. The molecule has 1 fully saturated rings. The molecule has 2 rings (SSSR count). The Bertz CT molecular complexity index is 442. The average molecular weight is 262 g/mol. The molecular weight excluding hydrogens is 243 g/mol. The molecule has 2 nitrogen and oxygen atoms in total. The zero-order chi connectivity index (χ0) is 13.7. The van der Waals surface area contributed by atoms with Crippen molar-refractivity contribution in [2.75, 3.05) is 0 Å². The van der Waals surface area contributed by atoms with Crippen molar-refractivity contribution in [3.05, 3.63) is 47.8 Å². The third-order valence-electron chi connectivity index (χ3n) is 3.60. The predicted molar refractivity (Wildman–Crippen MR) is 72.3 cm³/mol. The van der Waals surface area contributed by atoms with Gasteiger partial charge in [0.1, 0.15) is 11.9 Å². The monoisotopic (exact) mass is 262 g/mol. The highest BCUT2D eigenvalue weighted by Crippen LogP contribution is 2.34. The maximum atomic E-state index is 12.9. The van der Waals surface area contributed by atoms with E-state index in [2.05, 4.69) is 0 Å². The fourth-order valence-corrected chi connectivity index (χ4v) is 2.59. The van der Waals surface area contributed by atoms with Gasteiger partial charge in [-0.15, -0.1) is 0 Å². The number of ether oxygens (including phenoxy) is 1. The van der Waals surface area contributed by atoms with E-state index in [-0.39, 0.29) is 17.9 Å². The largest absolute Gasteiger partial charge is 0.459 e. The summed E-state index contributed by atoms with van der Waals surface area (Å²) in [4.78, 5) is 11.3. The van der Waals surface area contributed by atoms with Crippen molar-refractivity contribution in [3.8, 4) is 0 Å². The number of allylic oxidation sites excluding steroid dienone is 1. The second-order valence-electron chi connectivity index (χ2n) is 4.96. The number of hydrogen-bond acceptors (Lipinski definition) is 2. The Labute approximate surface area is 113 Å². The molecule has 0 bridgehead atoms. The first-order valence-corrected chi connectivity index (χ1v) is 6.78. The average Bonchev–Trinajstić information content (AvgIpc) is 2.41. The Kier molecular flexibility index (Phi) is 4.72. The van der Waals surface area contributed by atoms with E-state index in [1.807, 2.05) is 12.1 Å². The lowest BCUT2D eigenvalue weighted by atomic mass is 9.83. The highest BCUT2D eigenvalue weighted by molar-refractivity contribution is 5.81. The zero-order valence-corrected chi connectivity index (χ0v) is 11.1. The van der Waals surface area contributed by atoms with Crippen molar-refractivity contribution in [2.24, 2.45) is 0 Å². The molecule has 0 amide bonds. The molecule has 19 heavy (non-hydrogen) atoms. The van der Waals surface area contributed by atoms with Gasteiger partial charge in [0.25, 0.3) is 0 Å². The molecule has 1 aliphatic carbocycles. The molecular formula is C16H19FO2. The van der Waals surface area contributed by atoms with Gasteiger partial charge in [0.15, 0.2) is 0 Å². The summed E-state index contributed by atoms with van der Waals surface area (Å²) in [6, 6.07) is 6.72. The summed E-state index contributed by atoms with van der Waals surface area (Å²) in [7, 11) is 0. The number of benzene rings is 1. The van der Waals surface area contributed by atoms with Crippen LogP contribution in [0.15, 0.2) is 36.4 Å². The normalized spacial score (nSPS) is 23.5. The van der Waals surface area contributed by atoms with Crippen LogP contribution in [-0.2, 0) is 9.53 Å². The van der Waals surface area contributed by atoms with Crippen molar-refractivity contribution in [1.82, 2.24) is 0 Å². The second kappa shape index (κ2) is 6.50. The van der Waals surface area contributed by atoms with Crippen LogP contribution in [0.25, 0.3) is 0 Å². The van der Waals surface area contributed by atoms with Crippen LogP contribution in [-0.4, -0.2) is 12.1 Å². The first kappa shape index (κ1) is 13.8. The number of hydrogen-bond donors (Lipinski definition) is 0. The Balaban J connectivity index is 1.85. The number of halogens is 1. The Morgan fingerprint density at radius 3 is 2.42 bits per heavy atom. The van der Waals surface area contributed by atoms with Crippen LogP contribution in [0, 0.1) is 5.82 Å². The topological polar surface area (TPSA) is 26.3 Å². The van der Waals surface area contributed by atoms with Crippen LogP contribution in [0.5, 0.6) is 0 Å². The quantitative estimate of drug-likeness (QED) is 0.608. The molecule has 1 aromatic rings. The fourth-order valence-electron chi connectivity index (χ4n) is 2.59. The van der Waals surface area contributed by atoms with E-state index in [9.17, 15) is 9.18 Å². The highest BCUT2D eigenvalue weighted by atomic mass is 19.1. The van der Waals surface area contributed by atoms with Crippen molar-refractivity contribution >= 4 is 5.97 Å². The van der Waals surface area contributed by atoms with E-state index in [1.54, 1.807) is 13.0 Å². The van der Waals surface area contributed by atoms with Gasteiger partial charge in [-0.2, -0.15) is 0 Å². The van der Waals surface area contributed by atoms with Crippen molar-refractivity contribution in [3.63, 3.8) is 0 Å². The van der Waals surface area contributed by atoms with Crippen LogP contribution in [0.4, 0.5) is 4.39 Å². The van der Waals surface area contributed by atoms with E-state index >= 15 is 0 Å². The SMILES string of the molecule is CC=CC(=O)OC1CCC(c2ccc(F)cc2)CC1. The van der Waals surface area contributed by atoms with Crippen LogP contribution in [0.1, 0.15) is 44.1 Å². The molecule has 3 heteroatoms. The van der Waals surface area contributed by atoms with Gasteiger partial charge in [-0.3, -0.25) is 0 Å². The maximum absolute atomic E-state index is 12.9. The molecule has 0 saturated heterocycles. The third-order valence-corrected chi connectivity index (χ3v) is 3.60. The highest BCUT2D eigenvalue weighted by Gasteiger charge is 2.24. The summed E-state index contributed by atoms with van der Waals surface area (Å²) in [6.07, 6.45) is 6.90. The van der Waals surface area contributed by atoms with Crippen molar-refractivity contribution < 1.29 is 13.9 Å². The van der Waals surface area contributed by atoms with Crippen molar-refractivity contribution in [1.29, 1.82) is 0 Å². The van der Waals surface area contributed by atoms with E-state index < -0.39 is 0 Å². The van der Waals surface area contributed by atoms with Gasteiger partial charge in [-0.05, 0) is 56.2 Å². The smallest absolute Gasteiger partial charge is 0.330 e. The molecule has 0 spiro atoms. The molecule has 1 saturated carbocycles. The summed E-state index contributed by atoms with van der Waals surface area (Å²) in [6.45, 7) is 1.80. The van der Waals surface area contributed by atoms with E-state index in [0.717, 1.165) is 25.7 Å². The van der Waals surface area contributed by atoms with Gasteiger partial charge in [0.05, 0.1) is 0 Å². The minimum atomic E-state index is -0.257. The second-order valence-corrected chi connectivity index (χ2v) is 4.96. The Hall–Kier alpha value is -1.64. The molecule has 1 aromatic carbocycles. The van der Waals surface area contributed by atoms with Gasteiger partial charge in [0.2, 0.25) is 0 Å². The van der Waals surface area contributed by atoms with E-state index in [1.165, 1.54) is 23.8 Å². The maximum Gasteiger partial charge on any atom is 0.330 e. The minimum Gasteiger partial charge on any atom is -0.459 e. The molecule has 0 heterocycles. The first-order chi connectivity index (χ1) is 9.19. The fraction of sp³-hybridized carbons (Fsp3) is 0.438. The lowest BCUT2D eigenvalue weighted by molar-refractivity contribution is -0.144. The van der Waals surface area contributed by atoms with Gasteiger partial charge < -0.3 is 4.74 Å². The number of carbonyl (C=O) groups is 1. The third kappa shape index (κ3) is 3.91. The van der Waals surface area contributed by atoms with Gasteiger partial charge in [-0.1, -0.05) is 18.2 Å². The summed E-state index contributed by atoms with van der Waals surface area (Å²) in [5.41, 5.74) is 1.18. The van der Waals surface area contributed by atoms with E-state index in [0.29, 0.717) is 5.92 Å². The van der Waals surface area contributed by atoms with E-state index in [4.69, 9.17) is 4.74 Å². The zero-order valence-electron chi connectivity index (χ0n) is 11.1. The molecule has 0 N–H and O–H groups in total. The predicted octanol–water partition coefficient (Wildman–Crippen LogP) is 3.97. The molecule has 0 radical (unpaired) electrons. The summed E-state index contributed by atoms with van der Waals surface area (Å²) < 4.78 is 18.2. The lowest BCUT2D eigenvalue weighted by Crippen LogP contribution is -2.23. The Morgan fingerprint density at radius 1 is 1.21 bits per heavy atom. The standard InChI is InChI=1S/C16H19FO2/c1-2-3-16(18)19-15-10-6-13(7-11-15)12-4-8-14(17)9-5-12/h2-5,8-9,13,15H,6-7,10-11H2,1H3. The lowest BCUT2D eigenvalue weighted by Gasteiger charge is -2.28. The number of esters is 1. The minimum absolute atomic E-state index is 0.0281. The molecule has 1 aliphatic rings. The molecule has 0 atom stereocenters. The summed E-state index contributed by atoms with van der Waals surface area (Å²) in [5.74, 6) is 0.00252. The van der Waals surface area contributed by atoms with Gasteiger partial charge in [-0.25, -0.2) is 9.18 Å². The molecule has 102 valence electrons. The van der Waals surface area contributed by atoms with Crippen LogP contribution in [0.3, 0.4) is 0 Å². The summed E-state index contributed by atoms with van der Waals surface area (Å²) >= 11 is 0. The first-order valence-electron chi connectivity index (χ1n) is 6.78. The van der Waals surface area contributed by atoms with Crippen molar-refractivity contribution in [2.45, 2.75) is 44.6 Å². The molecule has 0 aromatic heterocycles. The molecule has 0 unspecified atom stereocenters. The van der Waals surface area contributed by atoms with Gasteiger partial charge in [0, 0.05) is 6.08 Å². The van der Waals surface area contributed by atoms with Crippen LogP contribution in [0.2, 0.25) is 0 Å². The number of carbonyl (C=O) groups excluding carboxylic acids is 1. The van der Waals surface area contributed by atoms with Crippen LogP contribution >= 0.6 is 0 Å². The van der Waals surface area contributed by atoms with Crippen LogP contribution < -0.4 is 0 Å².